The van der Waals surface area contributed by atoms with Crippen molar-refractivity contribution in [2.45, 2.75) is 19.4 Å². The first-order valence-corrected chi connectivity index (χ1v) is 11.4. The monoisotopic (exact) mass is 457 g/mol. The minimum absolute atomic E-state index is 0.00606. The lowest BCUT2D eigenvalue weighted by molar-refractivity contribution is -0.120. The third-order valence-corrected chi connectivity index (χ3v) is 5.99. The smallest absolute Gasteiger partial charge is 0.226 e. The van der Waals surface area contributed by atoms with Gasteiger partial charge in [-0.3, -0.25) is 24.6 Å². The van der Waals surface area contributed by atoms with Crippen molar-refractivity contribution in [1.82, 2.24) is 34.9 Å². The number of nitrogens with zero attached hydrogens (tertiary/aromatic N) is 6. The first-order valence-electron chi connectivity index (χ1n) is 11.4. The van der Waals surface area contributed by atoms with Crippen LogP contribution in [0.25, 0.3) is 16.6 Å². The maximum absolute atomic E-state index is 12.8. The van der Waals surface area contributed by atoms with E-state index >= 15 is 0 Å². The third kappa shape index (κ3) is 4.95. The van der Waals surface area contributed by atoms with Gasteiger partial charge in [0.25, 0.3) is 0 Å². The van der Waals surface area contributed by atoms with Crippen LogP contribution < -0.4 is 5.32 Å². The number of ether oxygens (including phenoxy) is 1. The largest absolute Gasteiger partial charge is 0.379 e. The molecule has 9 nitrogen and oxygen atoms in total. The fraction of sp³-hybridized carbons (Fsp3) is 0.320. The molecule has 1 aliphatic rings. The SMILES string of the molecule is Cc1cc(-n2ncc3cc(CC(=O)NCC(c4ccccn4)N4CCOCC4)ncc32)ccn1. The molecule has 5 rings (SSSR count). The Labute approximate surface area is 197 Å². The maximum atomic E-state index is 12.8. The summed E-state index contributed by atoms with van der Waals surface area (Å²) in [5.41, 5.74) is 4.39. The standard InChI is InChI=1S/C25H27N7O2/c1-18-12-21(5-7-26-18)32-23-16-28-20(13-19(23)15-30-32)14-25(33)29-17-24(22-4-2-3-6-27-22)31-8-10-34-11-9-31/h2-7,12-13,15-16,24H,8-11,14,17H2,1H3,(H,29,33). The van der Waals surface area contributed by atoms with Gasteiger partial charge in [-0.1, -0.05) is 6.07 Å². The first kappa shape index (κ1) is 22.1. The molecule has 1 fully saturated rings. The Morgan fingerprint density at radius 3 is 2.76 bits per heavy atom. The fourth-order valence-electron chi connectivity index (χ4n) is 4.26. The lowest BCUT2D eigenvalue weighted by Gasteiger charge is -2.34. The molecule has 5 heterocycles. The molecule has 0 bridgehead atoms. The van der Waals surface area contributed by atoms with E-state index in [1.54, 1.807) is 24.8 Å². The summed E-state index contributed by atoms with van der Waals surface area (Å²) in [4.78, 5) is 28.4. The van der Waals surface area contributed by atoms with Crippen molar-refractivity contribution < 1.29 is 9.53 Å². The molecular weight excluding hydrogens is 430 g/mol. The number of aromatic nitrogens is 5. The van der Waals surface area contributed by atoms with Crippen molar-refractivity contribution in [2.24, 2.45) is 0 Å². The molecule has 1 unspecified atom stereocenters. The van der Waals surface area contributed by atoms with Crippen LogP contribution in [-0.4, -0.2) is 68.4 Å². The molecule has 34 heavy (non-hydrogen) atoms. The van der Waals surface area contributed by atoms with Crippen molar-refractivity contribution in [1.29, 1.82) is 0 Å². The molecule has 0 spiro atoms. The fourth-order valence-corrected chi connectivity index (χ4v) is 4.26. The van der Waals surface area contributed by atoms with Gasteiger partial charge in [0.15, 0.2) is 0 Å². The molecule has 1 N–H and O–H groups in total. The number of carbonyl (C=O) groups is 1. The highest BCUT2D eigenvalue weighted by atomic mass is 16.5. The van der Waals surface area contributed by atoms with E-state index in [9.17, 15) is 4.79 Å². The van der Waals surface area contributed by atoms with Crippen LogP contribution in [-0.2, 0) is 16.0 Å². The molecule has 1 saturated heterocycles. The summed E-state index contributed by atoms with van der Waals surface area (Å²) in [5, 5.41) is 8.52. The van der Waals surface area contributed by atoms with E-state index in [0.717, 1.165) is 41.1 Å². The van der Waals surface area contributed by atoms with Gasteiger partial charge in [-0.25, -0.2) is 4.68 Å². The molecule has 1 atom stereocenters. The zero-order valence-electron chi connectivity index (χ0n) is 19.1. The Bertz CT molecular complexity index is 1270. The Kier molecular flexibility index (Phi) is 6.55. The number of pyridine rings is 3. The number of amides is 1. The number of hydrogen-bond acceptors (Lipinski definition) is 7. The van der Waals surface area contributed by atoms with Crippen LogP contribution in [0.2, 0.25) is 0 Å². The number of morpholine rings is 1. The van der Waals surface area contributed by atoms with Gasteiger partial charge < -0.3 is 10.1 Å². The van der Waals surface area contributed by atoms with Crippen LogP contribution >= 0.6 is 0 Å². The normalized spacial score (nSPS) is 15.3. The predicted molar refractivity (Wildman–Crippen MR) is 127 cm³/mol. The Morgan fingerprint density at radius 2 is 1.97 bits per heavy atom. The lowest BCUT2D eigenvalue weighted by atomic mass is 10.1. The zero-order chi connectivity index (χ0) is 23.3. The molecular formula is C25H27N7O2. The van der Waals surface area contributed by atoms with Gasteiger partial charge in [0, 0.05) is 43.1 Å². The van der Waals surface area contributed by atoms with E-state index in [0.29, 0.717) is 25.5 Å². The molecule has 0 aromatic carbocycles. The molecule has 9 heteroatoms. The summed E-state index contributed by atoms with van der Waals surface area (Å²) < 4.78 is 7.33. The van der Waals surface area contributed by atoms with E-state index in [1.807, 2.05) is 48.0 Å². The van der Waals surface area contributed by atoms with E-state index in [4.69, 9.17) is 4.74 Å². The van der Waals surface area contributed by atoms with Crippen LogP contribution in [0.15, 0.2) is 61.2 Å². The lowest BCUT2D eigenvalue weighted by Crippen LogP contribution is -2.44. The van der Waals surface area contributed by atoms with Gasteiger partial charge >= 0.3 is 0 Å². The highest BCUT2D eigenvalue weighted by Gasteiger charge is 2.24. The van der Waals surface area contributed by atoms with Crippen LogP contribution in [0.4, 0.5) is 0 Å². The van der Waals surface area contributed by atoms with E-state index in [-0.39, 0.29) is 18.4 Å². The highest BCUT2D eigenvalue weighted by Crippen LogP contribution is 2.20. The number of hydrogen-bond donors (Lipinski definition) is 1. The summed E-state index contributed by atoms with van der Waals surface area (Å²) in [7, 11) is 0. The topological polar surface area (TPSA) is 98.1 Å². The Hall–Kier alpha value is -3.69. The quantitative estimate of drug-likeness (QED) is 0.455. The summed E-state index contributed by atoms with van der Waals surface area (Å²) in [5.74, 6) is -0.0711. The second kappa shape index (κ2) is 10.1. The second-order valence-electron chi connectivity index (χ2n) is 8.35. The summed E-state index contributed by atoms with van der Waals surface area (Å²) in [6.07, 6.45) is 7.32. The van der Waals surface area contributed by atoms with Crippen molar-refractivity contribution in [3.63, 3.8) is 0 Å². The summed E-state index contributed by atoms with van der Waals surface area (Å²) >= 11 is 0. The van der Waals surface area contributed by atoms with Crippen LogP contribution in [0.1, 0.15) is 23.1 Å². The molecule has 0 radical (unpaired) electrons. The van der Waals surface area contributed by atoms with Crippen LogP contribution in [0, 0.1) is 6.92 Å². The van der Waals surface area contributed by atoms with E-state index in [2.05, 4.69) is 30.3 Å². The van der Waals surface area contributed by atoms with Crippen molar-refractivity contribution in [3.05, 3.63) is 78.3 Å². The van der Waals surface area contributed by atoms with Gasteiger partial charge in [0.2, 0.25) is 5.91 Å². The predicted octanol–water partition coefficient (Wildman–Crippen LogP) is 2.25. The highest BCUT2D eigenvalue weighted by molar-refractivity contribution is 5.82. The summed E-state index contributed by atoms with van der Waals surface area (Å²) in [6, 6.07) is 11.7. The Balaban J connectivity index is 1.26. The molecule has 1 aliphatic heterocycles. The van der Waals surface area contributed by atoms with Crippen molar-refractivity contribution in [3.8, 4) is 5.69 Å². The number of nitrogens with one attached hydrogen (secondary N) is 1. The van der Waals surface area contributed by atoms with E-state index < -0.39 is 0 Å². The van der Waals surface area contributed by atoms with E-state index in [1.165, 1.54) is 0 Å². The minimum atomic E-state index is -0.0711. The minimum Gasteiger partial charge on any atom is -0.379 e. The molecule has 0 saturated carbocycles. The second-order valence-corrected chi connectivity index (χ2v) is 8.35. The van der Waals surface area contributed by atoms with Crippen LogP contribution in [0.3, 0.4) is 0 Å². The first-order chi connectivity index (χ1) is 16.7. The van der Waals surface area contributed by atoms with Gasteiger partial charge in [-0.2, -0.15) is 5.10 Å². The number of fused-ring (bicyclic) bond motifs is 1. The molecule has 4 aromatic heterocycles. The average molecular weight is 458 g/mol. The summed E-state index contributed by atoms with van der Waals surface area (Å²) in [6.45, 7) is 5.44. The van der Waals surface area contributed by atoms with Gasteiger partial charge in [0.1, 0.15) is 0 Å². The average Bonchev–Trinajstić information content (AvgIpc) is 3.29. The molecule has 1 amide bonds. The van der Waals surface area contributed by atoms with Gasteiger partial charge in [-0.15, -0.1) is 0 Å². The number of rotatable bonds is 7. The number of aryl methyl sites for hydroxylation is 1. The van der Waals surface area contributed by atoms with Crippen LogP contribution in [0.5, 0.6) is 0 Å². The molecule has 0 aliphatic carbocycles. The molecule has 4 aromatic rings. The van der Waals surface area contributed by atoms with Gasteiger partial charge in [0.05, 0.1) is 60.7 Å². The Morgan fingerprint density at radius 1 is 1.09 bits per heavy atom. The van der Waals surface area contributed by atoms with Crippen molar-refractivity contribution in [2.75, 3.05) is 32.8 Å². The number of carbonyl (C=O) groups excluding carboxylic acids is 1. The van der Waals surface area contributed by atoms with Gasteiger partial charge in [-0.05, 0) is 37.3 Å². The maximum Gasteiger partial charge on any atom is 0.226 e. The third-order valence-electron chi connectivity index (χ3n) is 5.99. The zero-order valence-corrected chi connectivity index (χ0v) is 19.1. The molecule has 174 valence electrons. The van der Waals surface area contributed by atoms with Crippen molar-refractivity contribution >= 4 is 16.8 Å².